The van der Waals surface area contributed by atoms with Gasteiger partial charge < -0.3 is 10.5 Å². The number of ether oxygens (including phenoxy) is 1. The van der Waals surface area contributed by atoms with Gasteiger partial charge in [-0.3, -0.25) is 4.98 Å². The second kappa shape index (κ2) is 6.81. The standard InChI is InChI=1S/C10H16N2OS/c1-13-6-9(11)7-14-8-10-4-2-3-5-12-10/h2-5,9H,6-8,11H2,1H3. The van der Waals surface area contributed by atoms with Crippen molar-refractivity contribution in [1.82, 2.24) is 4.98 Å². The van der Waals surface area contributed by atoms with Gasteiger partial charge >= 0.3 is 0 Å². The molecular weight excluding hydrogens is 196 g/mol. The van der Waals surface area contributed by atoms with Crippen molar-refractivity contribution in [3.8, 4) is 0 Å². The molecule has 3 nitrogen and oxygen atoms in total. The predicted molar refractivity (Wildman–Crippen MR) is 60.3 cm³/mol. The Morgan fingerprint density at radius 1 is 1.57 bits per heavy atom. The third-order valence-corrected chi connectivity index (χ3v) is 2.85. The van der Waals surface area contributed by atoms with Gasteiger partial charge in [-0.15, -0.1) is 0 Å². The van der Waals surface area contributed by atoms with E-state index in [0.717, 1.165) is 17.2 Å². The van der Waals surface area contributed by atoms with E-state index < -0.39 is 0 Å². The van der Waals surface area contributed by atoms with Crippen LogP contribution >= 0.6 is 11.8 Å². The van der Waals surface area contributed by atoms with Gasteiger partial charge in [-0.2, -0.15) is 11.8 Å². The molecule has 0 saturated heterocycles. The molecule has 1 aromatic heterocycles. The Balaban J connectivity index is 2.16. The lowest BCUT2D eigenvalue weighted by Crippen LogP contribution is -2.28. The topological polar surface area (TPSA) is 48.1 Å². The molecule has 0 saturated carbocycles. The summed E-state index contributed by atoms with van der Waals surface area (Å²) < 4.78 is 4.95. The van der Waals surface area contributed by atoms with Crippen molar-refractivity contribution in [2.24, 2.45) is 5.73 Å². The number of pyridine rings is 1. The van der Waals surface area contributed by atoms with Crippen LogP contribution < -0.4 is 5.73 Å². The molecule has 78 valence electrons. The summed E-state index contributed by atoms with van der Waals surface area (Å²) >= 11 is 1.79. The lowest BCUT2D eigenvalue weighted by atomic mass is 10.4. The fraction of sp³-hybridized carbons (Fsp3) is 0.500. The van der Waals surface area contributed by atoms with Crippen LogP contribution in [0.2, 0.25) is 0 Å². The maximum atomic E-state index is 5.78. The van der Waals surface area contributed by atoms with Crippen LogP contribution in [0.25, 0.3) is 0 Å². The molecule has 0 spiro atoms. The lowest BCUT2D eigenvalue weighted by molar-refractivity contribution is 0.186. The van der Waals surface area contributed by atoms with E-state index in [9.17, 15) is 0 Å². The van der Waals surface area contributed by atoms with Gasteiger partial charge in [0.2, 0.25) is 0 Å². The molecule has 1 aromatic rings. The summed E-state index contributed by atoms with van der Waals surface area (Å²) in [5, 5.41) is 0. The molecular formula is C10H16N2OS. The largest absolute Gasteiger partial charge is 0.383 e. The zero-order valence-electron chi connectivity index (χ0n) is 8.35. The number of nitrogens with zero attached hydrogens (tertiary/aromatic N) is 1. The number of thioether (sulfide) groups is 1. The Morgan fingerprint density at radius 3 is 3.07 bits per heavy atom. The highest BCUT2D eigenvalue weighted by Crippen LogP contribution is 2.09. The van der Waals surface area contributed by atoms with Gasteiger partial charge in [0.05, 0.1) is 12.3 Å². The Morgan fingerprint density at radius 2 is 2.43 bits per heavy atom. The summed E-state index contributed by atoms with van der Waals surface area (Å²) in [6.45, 7) is 0.620. The van der Waals surface area contributed by atoms with Crippen molar-refractivity contribution >= 4 is 11.8 Å². The molecule has 14 heavy (non-hydrogen) atoms. The van der Waals surface area contributed by atoms with Crippen molar-refractivity contribution < 1.29 is 4.74 Å². The third-order valence-electron chi connectivity index (χ3n) is 1.69. The maximum Gasteiger partial charge on any atom is 0.0621 e. The molecule has 0 aliphatic rings. The van der Waals surface area contributed by atoms with Gasteiger partial charge in [-0.1, -0.05) is 6.07 Å². The molecule has 0 radical (unpaired) electrons. The minimum Gasteiger partial charge on any atom is -0.383 e. The molecule has 0 aromatic carbocycles. The van der Waals surface area contributed by atoms with Gasteiger partial charge in [0.25, 0.3) is 0 Å². The Kier molecular flexibility index (Phi) is 5.59. The first-order valence-corrected chi connectivity index (χ1v) is 5.70. The van der Waals surface area contributed by atoms with Crippen LogP contribution in [0.5, 0.6) is 0 Å². The molecule has 4 heteroatoms. The minimum atomic E-state index is 0.119. The normalized spacial score (nSPS) is 12.7. The summed E-state index contributed by atoms with van der Waals surface area (Å²) in [5.41, 5.74) is 6.88. The Labute approximate surface area is 89.1 Å². The van der Waals surface area contributed by atoms with Crippen molar-refractivity contribution in [2.45, 2.75) is 11.8 Å². The van der Waals surface area contributed by atoms with Gasteiger partial charge in [0.15, 0.2) is 0 Å². The molecule has 0 fully saturated rings. The third kappa shape index (κ3) is 4.60. The van der Waals surface area contributed by atoms with Crippen LogP contribution in [0, 0.1) is 0 Å². The summed E-state index contributed by atoms with van der Waals surface area (Å²) in [5.74, 6) is 1.82. The highest BCUT2D eigenvalue weighted by Gasteiger charge is 2.01. The van der Waals surface area contributed by atoms with Crippen LogP contribution in [0.1, 0.15) is 5.69 Å². The van der Waals surface area contributed by atoms with E-state index in [1.54, 1.807) is 18.9 Å². The monoisotopic (exact) mass is 212 g/mol. The molecule has 0 aliphatic heterocycles. The van der Waals surface area contributed by atoms with Crippen molar-refractivity contribution in [3.63, 3.8) is 0 Å². The number of nitrogens with two attached hydrogens (primary N) is 1. The van der Waals surface area contributed by atoms with Crippen LogP contribution in [0.4, 0.5) is 0 Å². The second-order valence-electron chi connectivity index (χ2n) is 3.05. The zero-order valence-corrected chi connectivity index (χ0v) is 9.17. The number of hydrogen-bond acceptors (Lipinski definition) is 4. The molecule has 1 heterocycles. The zero-order chi connectivity index (χ0) is 10.2. The Hall–Kier alpha value is -0.580. The van der Waals surface area contributed by atoms with Crippen LogP contribution in [-0.2, 0) is 10.5 Å². The van der Waals surface area contributed by atoms with Gasteiger partial charge in [0.1, 0.15) is 0 Å². The summed E-state index contributed by atoms with van der Waals surface area (Å²) in [4.78, 5) is 4.23. The fourth-order valence-electron chi connectivity index (χ4n) is 1.06. The number of aromatic nitrogens is 1. The molecule has 1 atom stereocenters. The van der Waals surface area contributed by atoms with E-state index in [1.807, 2.05) is 24.4 Å². The molecule has 0 aliphatic carbocycles. The molecule has 1 unspecified atom stereocenters. The average molecular weight is 212 g/mol. The van der Waals surface area contributed by atoms with Crippen molar-refractivity contribution in [3.05, 3.63) is 30.1 Å². The first-order valence-electron chi connectivity index (χ1n) is 4.55. The van der Waals surface area contributed by atoms with E-state index in [1.165, 1.54) is 0 Å². The van der Waals surface area contributed by atoms with Crippen molar-refractivity contribution in [1.29, 1.82) is 0 Å². The number of hydrogen-bond donors (Lipinski definition) is 1. The second-order valence-corrected chi connectivity index (χ2v) is 4.08. The van der Waals surface area contributed by atoms with Gasteiger partial charge in [0, 0.05) is 30.9 Å². The van der Waals surface area contributed by atoms with E-state index >= 15 is 0 Å². The first-order chi connectivity index (χ1) is 6.83. The molecule has 1 rings (SSSR count). The quantitative estimate of drug-likeness (QED) is 0.772. The van der Waals surface area contributed by atoms with E-state index in [0.29, 0.717) is 6.61 Å². The summed E-state index contributed by atoms with van der Waals surface area (Å²) in [6.07, 6.45) is 1.81. The SMILES string of the molecule is COCC(N)CSCc1ccccn1. The van der Waals surface area contributed by atoms with E-state index in [4.69, 9.17) is 10.5 Å². The predicted octanol–water partition coefficient (Wildman–Crippen LogP) is 1.29. The molecule has 2 N–H and O–H groups in total. The minimum absolute atomic E-state index is 0.119. The smallest absolute Gasteiger partial charge is 0.0621 e. The highest BCUT2D eigenvalue weighted by molar-refractivity contribution is 7.98. The maximum absolute atomic E-state index is 5.78. The number of rotatable bonds is 6. The van der Waals surface area contributed by atoms with E-state index in [-0.39, 0.29) is 6.04 Å². The highest BCUT2D eigenvalue weighted by atomic mass is 32.2. The van der Waals surface area contributed by atoms with Gasteiger partial charge in [-0.05, 0) is 12.1 Å². The molecule has 0 amide bonds. The van der Waals surface area contributed by atoms with Crippen LogP contribution in [0.3, 0.4) is 0 Å². The van der Waals surface area contributed by atoms with E-state index in [2.05, 4.69) is 4.98 Å². The Bertz CT molecular complexity index is 243. The summed E-state index contributed by atoms with van der Waals surface area (Å²) in [7, 11) is 1.67. The van der Waals surface area contributed by atoms with Crippen LogP contribution in [0.15, 0.2) is 24.4 Å². The van der Waals surface area contributed by atoms with Crippen molar-refractivity contribution in [2.75, 3.05) is 19.5 Å². The fourth-order valence-corrected chi connectivity index (χ4v) is 1.96. The first kappa shape index (κ1) is 11.5. The molecule has 0 bridgehead atoms. The number of methoxy groups -OCH3 is 1. The lowest BCUT2D eigenvalue weighted by Gasteiger charge is -2.09. The van der Waals surface area contributed by atoms with Crippen LogP contribution in [-0.4, -0.2) is 30.5 Å². The van der Waals surface area contributed by atoms with Gasteiger partial charge in [-0.25, -0.2) is 0 Å². The average Bonchev–Trinajstić information content (AvgIpc) is 2.20. The summed E-state index contributed by atoms with van der Waals surface area (Å²) in [6, 6.07) is 6.06.